The van der Waals surface area contributed by atoms with Gasteiger partial charge in [0.15, 0.2) is 0 Å². The van der Waals surface area contributed by atoms with Crippen molar-refractivity contribution in [1.29, 1.82) is 0 Å². The Hall–Kier alpha value is 0.0400. The standard InChI is InChI=1S/C11H14Br2N2/c1-7-2-4-8(5-3-7)11-14-9(12)6-10(13)15-11/h6-8H,2-5H2,1H3. The van der Waals surface area contributed by atoms with Crippen molar-refractivity contribution in [2.75, 3.05) is 0 Å². The highest BCUT2D eigenvalue weighted by molar-refractivity contribution is 9.11. The van der Waals surface area contributed by atoms with Gasteiger partial charge in [-0.2, -0.15) is 0 Å². The van der Waals surface area contributed by atoms with Gasteiger partial charge < -0.3 is 0 Å². The van der Waals surface area contributed by atoms with Crippen LogP contribution in [0.15, 0.2) is 15.3 Å². The molecular weight excluding hydrogens is 320 g/mol. The van der Waals surface area contributed by atoms with Gasteiger partial charge in [-0.25, -0.2) is 9.97 Å². The van der Waals surface area contributed by atoms with Gasteiger partial charge in [-0.3, -0.25) is 0 Å². The number of halogens is 2. The molecule has 0 amide bonds. The lowest BCUT2D eigenvalue weighted by molar-refractivity contribution is 0.339. The summed E-state index contributed by atoms with van der Waals surface area (Å²) in [6.45, 7) is 2.33. The van der Waals surface area contributed by atoms with E-state index in [1.807, 2.05) is 6.07 Å². The predicted octanol–water partition coefficient (Wildman–Crippen LogP) is 4.30. The summed E-state index contributed by atoms with van der Waals surface area (Å²) in [7, 11) is 0. The van der Waals surface area contributed by atoms with E-state index in [1.165, 1.54) is 25.7 Å². The van der Waals surface area contributed by atoms with Crippen molar-refractivity contribution >= 4 is 31.9 Å². The third-order valence-electron chi connectivity index (χ3n) is 3.06. The molecule has 4 heteroatoms. The van der Waals surface area contributed by atoms with Crippen LogP contribution in [0.25, 0.3) is 0 Å². The van der Waals surface area contributed by atoms with Crippen LogP contribution < -0.4 is 0 Å². The lowest BCUT2D eigenvalue weighted by atomic mass is 9.82. The van der Waals surface area contributed by atoms with E-state index in [9.17, 15) is 0 Å². The van der Waals surface area contributed by atoms with Crippen molar-refractivity contribution in [3.63, 3.8) is 0 Å². The molecule has 1 saturated carbocycles. The van der Waals surface area contributed by atoms with Crippen molar-refractivity contribution in [1.82, 2.24) is 9.97 Å². The van der Waals surface area contributed by atoms with E-state index in [2.05, 4.69) is 48.8 Å². The van der Waals surface area contributed by atoms with Crippen LogP contribution in [-0.2, 0) is 0 Å². The number of nitrogens with zero attached hydrogens (tertiary/aromatic N) is 2. The van der Waals surface area contributed by atoms with Gasteiger partial charge in [-0.15, -0.1) is 0 Å². The summed E-state index contributed by atoms with van der Waals surface area (Å²) in [6.07, 6.45) is 5.06. The molecule has 2 nitrogen and oxygen atoms in total. The second-order valence-corrected chi connectivity index (χ2v) is 5.95. The fourth-order valence-electron chi connectivity index (χ4n) is 2.11. The average molecular weight is 334 g/mol. The largest absolute Gasteiger partial charge is 0.226 e. The van der Waals surface area contributed by atoms with Crippen LogP contribution in [0.2, 0.25) is 0 Å². The maximum atomic E-state index is 4.46. The maximum Gasteiger partial charge on any atom is 0.134 e. The first kappa shape index (κ1) is 11.5. The van der Waals surface area contributed by atoms with Gasteiger partial charge in [0.2, 0.25) is 0 Å². The van der Waals surface area contributed by atoms with Crippen molar-refractivity contribution in [3.05, 3.63) is 21.1 Å². The first-order valence-electron chi connectivity index (χ1n) is 5.35. The smallest absolute Gasteiger partial charge is 0.134 e. The quantitative estimate of drug-likeness (QED) is 0.716. The van der Waals surface area contributed by atoms with E-state index in [4.69, 9.17) is 0 Å². The molecule has 1 aliphatic rings. The van der Waals surface area contributed by atoms with Crippen LogP contribution in [0, 0.1) is 5.92 Å². The minimum Gasteiger partial charge on any atom is -0.226 e. The lowest BCUT2D eigenvalue weighted by Gasteiger charge is -2.25. The molecule has 0 N–H and O–H groups in total. The summed E-state index contributed by atoms with van der Waals surface area (Å²) in [5.41, 5.74) is 0. The summed E-state index contributed by atoms with van der Waals surface area (Å²) in [5, 5.41) is 0. The monoisotopic (exact) mass is 332 g/mol. The molecule has 1 heterocycles. The maximum absolute atomic E-state index is 4.46. The molecule has 0 spiro atoms. The Morgan fingerprint density at radius 3 is 2.13 bits per heavy atom. The van der Waals surface area contributed by atoms with E-state index < -0.39 is 0 Å². The van der Waals surface area contributed by atoms with Crippen LogP contribution in [0.5, 0.6) is 0 Å². The van der Waals surface area contributed by atoms with Crippen molar-refractivity contribution in [3.8, 4) is 0 Å². The number of rotatable bonds is 1. The summed E-state index contributed by atoms with van der Waals surface area (Å²) in [6, 6.07) is 1.88. The summed E-state index contributed by atoms with van der Waals surface area (Å²) in [4.78, 5) is 8.92. The molecule has 1 aromatic rings. The van der Waals surface area contributed by atoms with Crippen molar-refractivity contribution in [2.24, 2.45) is 5.92 Å². The zero-order chi connectivity index (χ0) is 10.8. The van der Waals surface area contributed by atoms with E-state index in [-0.39, 0.29) is 0 Å². The normalized spacial score (nSPS) is 26.6. The molecule has 0 aliphatic heterocycles. The highest BCUT2D eigenvalue weighted by Gasteiger charge is 2.22. The topological polar surface area (TPSA) is 25.8 Å². The van der Waals surface area contributed by atoms with Crippen LogP contribution in [-0.4, -0.2) is 9.97 Å². The summed E-state index contributed by atoms with van der Waals surface area (Å²) in [5.74, 6) is 2.41. The van der Waals surface area contributed by atoms with Gasteiger partial charge in [-0.1, -0.05) is 19.8 Å². The summed E-state index contributed by atoms with van der Waals surface area (Å²) < 4.78 is 1.75. The van der Waals surface area contributed by atoms with Crippen LogP contribution >= 0.6 is 31.9 Å². The van der Waals surface area contributed by atoms with Crippen LogP contribution in [0.3, 0.4) is 0 Å². The Balaban J connectivity index is 2.15. The van der Waals surface area contributed by atoms with Gasteiger partial charge in [0.25, 0.3) is 0 Å². The van der Waals surface area contributed by atoms with E-state index >= 15 is 0 Å². The fourth-order valence-corrected chi connectivity index (χ4v) is 3.21. The molecule has 82 valence electrons. The Morgan fingerprint density at radius 2 is 1.60 bits per heavy atom. The Bertz CT molecular complexity index is 326. The molecule has 0 unspecified atom stereocenters. The molecule has 2 rings (SSSR count). The molecule has 0 saturated heterocycles. The molecule has 0 aromatic carbocycles. The molecular formula is C11H14Br2N2. The van der Waals surface area contributed by atoms with Gasteiger partial charge in [-0.05, 0) is 50.6 Å². The second kappa shape index (κ2) is 4.91. The zero-order valence-electron chi connectivity index (χ0n) is 8.71. The lowest BCUT2D eigenvalue weighted by Crippen LogP contribution is -2.13. The molecule has 15 heavy (non-hydrogen) atoms. The van der Waals surface area contributed by atoms with Crippen molar-refractivity contribution in [2.45, 2.75) is 38.5 Å². The Kier molecular flexibility index (Phi) is 3.78. The van der Waals surface area contributed by atoms with E-state index in [0.29, 0.717) is 5.92 Å². The first-order chi connectivity index (χ1) is 7.15. The molecule has 0 radical (unpaired) electrons. The fraction of sp³-hybridized carbons (Fsp3) is 0.636. The first-order valence-corrected chi connectivity index (χ1v) is 6.93. The second-order valence-electron chi connectivity index (χ2n) is 4.33. The molecule has 1 aromatic heterocycles. The third-order valence-corrected chi connectivity index (χ3v) is 3.87. The Labute approximate surface area is 107 Å². The highest BCUT2D eigenvalue weighted by atomic mass is 79.9. The third kappa shape index (κ3) is 3.00. The zero-order valence-corrected chi connectivity index (χ0v) is 11.9. The number of hydrogen-bond donors (Lipinski definition) is 0. The molecule has 0 atom stereocenters. The molecule has 1 aliphatic carbocycles. The predicted molar refractivity (Wildman–Crippen MR) is 67.8 cm³/mol. The van der Waals surface area contributed by atoms with Crippen LogP contribution in [0.4, 0.5) is 0 Å². The van der Waals surface area contributed by atoms with E-state index in [0.717, 1.165) is 20.9 Å². The van der Waals surface area contributed by atoms with Gasteiger partial charge in [0, 0.05) is 12.0 Å². The average Bonchev–Trinajstić information content (AvgIpc) is 2.17. The molecule has 0 bridgehead atoms. The summed E-state index contributed by atoms with van der Waals surface area (Å²) >= 11 is 6.82. The molecule has 1 fully saturated rings. The Morgan fingerprint density at radius 1 is 1.07 bits per heavy atom. The van der Waals surface area contributed by atoms with Crippen molar-refractivity contribution < 1.29 is 0 Å². The number of hydrogen-bond acceptors (Lipinski definition) is 2. The van der Waals surface area contributed by atoms with Gasteiger partial charge >= 0.3 is 0 Å². The minimum absolute atomic E-state index is 0.551. The van der Waals surface area contributed by atoms with Gasteiger partial charge in [0.05, 0.1) is 0 Å². The van der Waals surface area contributed by atoms with Gasteiger partial charge in [0.1, 0.15) is 15.0 Å². The highest BCUT2D eigenvalue weighted by Crippen LogP contribution is 2.34. The number of aromatic nitrogens is 2. The SMILES string of the molecule is CC1CCC(c2nc(Br)cc(Br)n2)CC1. The van der Waals surface area contributed by atoms with Crippen LogP contribution in [0.1, 0.15) is 44.3 Å². The van der Waals surface area contributed by atoms with E-state index in [1.54, 1.807) is 0 Å². The minimum atomic E-state index is 0.551.